The van der Waals surface area contributed by atoms with E-state index in [1.165, 1.54) is 5.56 Å². The number of hydrogen-bond acceptors (Lipinski definition) is 3. The lowest BCUT2D eigenvalue weighted by Gasteiger charge is -2.39. The second-order valence-electron chi connectivity index (χ2n) is 11.0. The lowest BCUT2D eigenvalue weighted by molar-refractivity contribution is -0.121. The molecule has 1 aliphatic rings. The number of nitrogens with one attached hydrogen (secondary N) is 2. The molecule has 4 aromatic rings. The van der Waals surface area contributed by atoms with Gasteiger partial charge in [0.1, 0.15) is 0 Å². The van der Waals surface area contributed by atoms with Gasteiger partial charge in [-0.05, 0) is 74.3 Å². The minimum Gasteiger partial charge on any atom is -0.361 e. The zero-order valence-corrected chi connectivity index (χ0v) is 23.4. The van der Waals surface area contributed by atoms with Crippen molar-refractivity contribution in [2.45, 2.75) is 38.8 Å². The number of carbonyl (C=O) groups is 1. The van der Waals surface area contributed by atoms with Crippen LogP contribution < -0.4 is 10.2 Å². The maximum atomic E-state index is 14.5. The Balaban J connectivity index is 1.50. The van der Waals surface area contributed by atoms with Crippen LogP contribution in [0.15, 0.2) is 72.9 Å². The van der Waals surface area contributed by atoms with Crippen LogP contribution in [-0.4, -0.2) is 49.0 Å². The highest BCUT2D eigenvalue weighted by Crippen LogP contribution is 2.35. The van der Waals surface area contributed by atoms with Crippen LogP contribution in [-0.2, 0) is 17.8 Å². The number of H-pyrrole nitrogens is 1. The number of para-hydroxylation sites is 1. The summed E-state index contributed by atoms with van der Waals surface area (Å²) in [6, 6.07) is 22.3. The third-order valence-corrected chi connectivity index (χ3v) is 7.93. The third-order valence-electron chi connectivity index (χ3n) is 7.70. The molecule has 6 heteroatoms. The van der Waals surface area contributed by atoms with Crippen LogP contribution in [0.4, 0.5) is 5.69 Å². The van der Waals surface area contributed by atoms with Gasteiger partial charge in [0.25, 0.3) is 0 Å². The van der Waals surface area contributed by atoms with Crippen LogP contribution in [0.2, 0.25) is 5.02 Å². The number of hydrogen-bond donors (Lipinski definition) is 2. The Kier molecular flexibility index (Phi) is 7.89. The van der Waals surface area contributed by atoms with Gasteiger partial charge in [0.05, 0.1) is 6.04 Å². The topological polar surface area (TPSA) is 51.4 Å². The van der Waals surface area contributed by atoms with Gasteiger partial charge in [0.15, 0.2) is 0 Å². The lowest BCUT2D eigenvalue weighted by Crippen LogP contribution is -2.52. The zero-order chi connectivity index (χ0) is 26.8. The summed E-state index contributed by atoms with van der Waals surface area (Å²) in [5, 5.41) is 5.53. The summed E-state index contributed by atoms with van der Waals surface area (Å²) in [5.41, 5.74) is 6.74. The number of carbonyl (C=O) groups excluding carboxylic acids is 1. The van der Waals surface area contributed by atoms with E-state index >= 15 is 0 Å². The molecule has 0 radical (unpaired) electrons. The van der Waals surface area contributed by atoms with Crippen molar-refractivity contribution in [2.24, 2.45) is 5.92 Å². The van der Waals surface area contributed by atoms with E-state index < -0.39 is 6.04 Å². The minimum atomic E-state index is -0.405. The molecular weight excluding hydrogens is 492 g/mol. The summed E-state index contributed by atoms with van der Waals surface area (Å²) in [6.45, 7) is 6.47. The van der Waals surface area contributed by atoms with Gasteiger partial charge in [-0.1, -0.05) is 66.6 Å². The van der Waals surface area contributed by atoms with Crippen molar-refractivity contribution in [3.05, 3.63) is 100 Å². The van der Waals surface area contributed by atoms with Crippen LogP contribution in [0.5, 0.6) is 0 Å². The summed E-state index contributed by atoms with van der Waals surface area (Å²) < 4.78 is 0. The van der Waals surface area contributed by atoms with Gasteiger partial charge in [0, 0.05) is 53.4 Å². The summed E-state index contributed by atoms with van der Waals surface area (Å²) in [4.78, 5) is 22.1. The fraction of sp³-hybridized carbons (Fsp3) is 0.344. The average molecular weight is 529 g/mol. The number of aromatic amines is 1. The van der Waals surface area contributed by atoms with Crippen LogP contribution in [0.1, 0.15) is 35.1 Å². The maximum absolute atomic E-state index is 14.5. The molecule has 3 aromatic carbocycles. The van der Waals surface area contributed by atoms with Crippen molar-refractivity contribution in [1.82, 2.24) is 15.2 Å². The molecule has 0 saturated heterocycles. The van der Waals surface area contributed by atoms with Gasteiger partial charge in [-0.2, -0.15) is 0 Å². The molecule has 1 aromatic heterocycles. The van der Waals surface area contributed by atoms with Crippen LogP contribution in [0.25, 0.3) is 10.9 Å². The fourth-order valence-corrected chi connectivity index (χ4v) is 5.98. The van der Waals surface area contributed by atoms with Gasteiger partial charge in [-0.3, -0.25) is 4.79 Å². The number of rotatable bonds is 8. The van der Waals surface area contributed by atoms with Crippen molar-refractivity contribution >= 4 is 34.1 Å². The van der Waals surface area contributed by atoms with Crippen molar-refractivity contribution in [3.63, 3.8) is 0 Å². The Bertz CT molecular complexity index is 1410. The second-order valence-corrected chi connectivity index (χ2v) is 11.4. The highest BCUT2D eigenvalue weighted by atomic mass is 35.5. The van der Waals surface area contributed by atoms with Gasteiger partial charge in [0.2, 0.25) is 5.91 Å². The molecule has 2 N–H and O–H groups in total. The van der Waals surface area contributed by atoms with E-state index in [4.69, 9.17) is 11.6 Å². The van der Waals surface area contributed by atoms with Crippen LogP contribution in [0.3, 0.4) is 0 Å². The Labute approximate surface area is 230 Å². The zero-order valence-electron chi connectivity index (χ0n) is 22.7. The molecule has 1 aliphatic heterocycles. The van der Waals surface area contributed by atoms with E-state index in [1.54, 1.807) is 0 Å². The first kappa shape index (κ1) is 26.5. The summed E-state index contributed by atoms with van der Waals surface area (Å²) in [7, 11) is 4.18. The first-order valence-electron chi connectivity index (χ1n) is 13.4. The highest BCUT2D eigenvalue weighted by Gasteiger charge is 2.36. The van der Waals surface area contributed by atoms with E-state index in [-0.39, 0.29) is 11.8 Å². The van der Waals surface area contributed by atoms with Gasteiger partial charge >= 0.3 is 0 Å². The Morgan fingerprint density at radius 3 is 2.66 bits per heavy atom. The molecule has 0 spiro atoms. The molecule has 0 bridgehead atoms. The second kappa shape index (κ2) is 11.3. The molecule has 198 valence electrons. The normalized spacial score (nSPS) is 17.0. The largest absolute Gasteiger partial charge is 0.361 e. The van der Waals surface area contributed by atoms with Gasteiger partial charge < -0.3 is 20.1 Å². The summed E-state index contributed by atoms with van der Waals surface area (Å²) >= 11 is 6.39. The third kappa shape index (κ3) is 5.65. The lowest BCUT2D eigenvalue weighted by atomic mass is 9.88. The molecule has 2 heterocycles. The van der Waals surface area contributed by atoms with E-state index in [9.17, 15) is 4.79 Å². The number of fused-ring (bicyclic) bond motifs is 2. The molecular formula is C32H37ClN4O. The molecule has 0 fully saturated rings. The van der Waals surface area contributed by atoms with Crippen molar-refractivity contribution in [3.8, 4) is 0 Å². The Morgan fingerprint density at radius 1 is 1.13 bits per heavy atom. The smallest absolute Gasteiger partial charge is 0.244 e. The van der Waals surface area contributed by atoms with E-state index in [1.807, 2.05) is 29.2 Å². The van der Waals surface area contributed by atoms with Crippen LogP contribution >= 0.6 is 11.6 Å². The standard InChI is InChI=1S/C32H37ClN4O/c1-21-9-11-23(12-10-21)17-35-31(22(2)28-18-34-29-8-6-5-7-27(28)29)32(38)37-20-24(19-36(3)4)15-25-16-26(33)13-14-30(25)37/h5-14,16,18,22,24,31,34-35H,15,17,19-20H2,1-4H3/t22?,24-,31?/m1/s1. The molecule has 5 nitrogen and oxygen atoms in total. The monoisotopic (exact) mass is 528 g/mol. The molecule has 2 unspecified atom stereocenters. The predicted octanol–water partition coefficient (Wildman–Crippen LogP) is 6.16. The fourth-order valence-electron chi connectivity index (χ4n) is 5.79. The summed E-state index contributed by atoms with van der Waals surface area (Å²) in [5.74, 6) is 0.386. The predicted molar refractivity (Wildman–Crippen MR) is 158 cm³/mol. The molecule has 3 atom stereocenters. The number of aryl methyl sites for hydroxylation is 1. The quantitative estimate of drug-likeness (QED) is 0.288. The first-order chi connectivity index (χ1) is 18.3. The minimum absolute atomic E-state index is 0.0472. The molecule has 0 aliphatic carbocycles. The van der Waals surface area contributed by atoms with E-state index in [2.05, 4.69) is 91.8 Å². The Morgan fingerprint density at radius 2 is 1.89 bits per heavy atom. The number of amides is 1. The van der Waals surface area contributed by atoms with Crippen molar-refractivity contribution in [2.75, 3.05) is 32.1 Å². The molecule has 1 amide bonds. The Hall–Kier alpha value is -3.12. The molecule has 38 heavy (non-hydrogen) atoms. The highest BCUT2D eigenvalue weighted by molar-refractivity contribution is 6.30. The van der Waals surface area contributed by atoms with Gasteiger partial charge in [-0.15, -0.1) is 0 Å². The first-order valence-corrected chi connectivity index (χ1v) is 13.8. The van der Waals surface area contributed by atoms with E-state index in [0.29, 0.717) is 24.0 Å². The van der Waals surface area contributed by atoms with E-state index in [0.717, 1.165) is 46.2 Å². The number of aromatic nitrogens is 1. The van der Waals surface area contributed by atoms with Crippen LogP contribution in [0, 0.1) is 12.8 Å². The molecule has 0 saturated carbocycles. The SMILES string of the molecule is Cc1ccc(CNC(C(=O)N2C[C@@H](CN(C)C)Cc3cc(Cl)ccc32)C(C)c2c[nH]c3ccccc23)cc1. The van der Waals surface area contributed by atoms with Crippen molar-refractivity contribution < 1.29 is 4.79 Å². The number of benzene rings is 3. The number of anilines is 1. The molecule has 5 rings (SSSR count). The number of halogens is 1. The summed E-state index contributed by atoms with van der Waals surface area (Å²) in [6.07, 6.45) is 2.97. The maximum Gasteiger partial charge on any atom is 0.244 e. The van der Waals surface area contributed by atoms with Crippen molar-refractivity contribution in [1.29, 1.82) is 0 Å². The van der Waals surface area contributed by atoms with Gasteiger partial charge in [-0.25, -0.2) is 0 Å². The average Bonchev–Trinajstić information content (AvgIpc) is 3.33. The number of nitrogens with zero attached hydrogens (tertiary/aromatic N) is 2.